The predicted molar refractivity (Wildman–Crippen MR) is 56.0 cm³/mol. The van der Waals surface area contributed by atoms with Crippen molar-refractivity contribution in [2.24, 2.45) is 5.73 Å². The fraction of sp³-hybridized carbons (Fsp3) is 0.455. The van der Waals surface area contributed by atoms with Gasteiger partial charge >= 0.3 is 0 Å². The van der Waals surface area contributed by atoms with Gasteiger partial charge in [-0.1, -0.05) is 24.3 Å². The van der Waals surface area contributed by atoms with Crippen LogP contribution in [0.2, 0.25) is 0 Å². The Labute approximate surface area is 79.8 Å². The van der Waals surface area contributed by atoms with E-state index in [0.717, 1.165) is 11.1 Å². The summed E-state index contributed by atoms with van der Waals surface area (Å²) >= 11 is 0. The van der Waals surface area contributed by atoms with Crippen LogP contribution in [0, 0.1) is 0 Å². The third-order valence-corrected chi connectivity index (χ3v) is 2.03. The van der Waals surface area contributed by atoms with Crippen molar-refractivity contribution < 1.29 is 4.39 Å². The smallest absolute Gasteiger partial charge is 0.178 e. The summed E-state index contributed by atoms with van der Waals surface area (Å²) in [5.74, 6) is -1.73. The highest BCUT2D eigenvalue weighted by Gasteiger charge is 2.17. The second kappa shape index (κ2) is 4.38. The van der Waals surface area contributed by atoms with E-state index in [9.17, 15) is 4.39 Å². The van der Waals surface area contributed by atoms with Crippen molar-refractivity contribution in [1.29, 1.82) is 0 Å². The van der Waals surface area contributed by atoms with Crippen LogP contribution in [0.25, 0.3) is 0 Å². The molecule has 0 bridgehead atoms. The van der Waals surface area contributed by atoms with E-state index in [2.05, 4.69) is 6.58 Å². The van der Waals surface area contributed by atoms with E-state index in [1.54, 1.807) is 13.0 Å². The van der Waals surface area contributed by atoms with E-state index in [0.29, 0.717) is 5.57 Å². The first-order valence-corrected chi connectivity index (χ1v) is 4.24. The highest BCUT2D eigenvalue weighted by Crippen LogP contribution is 2.15. The summed E-state index contributed by atoms with van der Waals surface area (Å²) in [5, 5.41) is 0. The zero-order valence-corrected chi connectivity index (χ0v) is 8.82. The second-order valence-corrected chi connectivity index (χ2v) is 3.56. The van der Waals surface area contributed by atoms with Crippen LogP contribution in [0.1, 0.15) is 27.7 Å². The molecule has 0 spiro atoms. The molecule has 1 atom stereocenters. The third-order valence-electron chi connectivity index (χ3n) is 2.03. The lowest BCUT2D eigenvalue weighted by Crippen LogP contribution is -2.31. The van der Waals surface area contributed by atoms with Gasteiger partial charge in [0, 0.05) is 0 Å². The van der Waals surface area contributed by atoms with E-state index in [1.165, 1.54) is 6.92 Å². The highest BCUT2D eigenvalue weighted by atomic mass is 19.1. The lowest BCUT2D eigenvalue weighted by molar-refractivity contribution is 0.250. The predicted octanol–water partition coefficient (Wildman–Crippen LogP) is 3.10. The molecule has 0 aliphatic rings. The number of nitrogens with two attached hydrogens (primary N) is 1. The van der Waals surface area contributed by atoms with Gasteiger partial charge in [0.2, 0.25) is 0 Å². The molecule has 2 heteroatoms. The molecular formula is C11H18FN. The van der Waals surface area contributed by atoms with Crippen molar-refractivity contribution in [3.05, 3.63) is 35.5 Å². The minimum Gasteiger partial charge on any atom is -0.296 e. The first kappa shape index (κ1) is 12.1. The quantitative estimate of drug-likeness (QED) is 0.528. The molecule has 1 nitrogen and oxygen atoms in total. The van der Waals surface area contributed by atoms with Crippen LogP contribution in [0.4, 0.5) is 4.39 Å². The van der Waals surface area contributed by atoms with Gasteiger partial charge in [0.15, 0.2) is 5.79 Å². The zero-order chi connectivity index (χ0) is 10.6. The van der Waals surface area contributed by atoms with E-state index < -0.39 is 5.79 Å². The maximum absolute atomic E-state index is 13.1. The van der Waals surface area contributed by atoms with Crippen LogP contribution in [0.15, 0.2) is 35.5 Å². The van der Waals surface area contributed by atoms with Crippen LogP contribution in [0.3, 0.4) is 0 Å². The van der Waals surface area contributed by atoms with Gasteiger partial charge in [0.05, 0.1) is 0 Å². The average molecular weight is 183 g/mol. The summed E-state index contributed by atoms with van der Waals surface area (Å²) in [4.78, 5) is 0. The Hall–Kier alpha value is -0.890. The lowest BCUT2D eigenvalue weighted by Gasteiger charge is -2.14. The van der Waals surface area contributed by atoms with Crippen LogP contribution < -0.4 is 5.73 Å². The standard InChI is InChI=1S/C11H18FN/c1-8(2)9(3)6-7-10(4)11(5,12)13/h6-7H,1,13H2,2-5H3/b9-6+,10-7+. The molecule has 1 unspecified atom stereocenters. The fourth-order valence-electron chi connectivity index (χ4n) is 0.555. The van der Waals surface area contributed by atoms with Crippen LogP contribution >= 0.6 is 0 Å². The number of halogens is 1. The van der Waals surface area contributed by atoms with E-state index in [-0.39, 0.29) is 0 Å². The van der Waals surface area contributed by atoms with E-state index in [4.69, 9.17) is 5.73 Å². The van der Waals surface area contributed by atoms with E-state index >= 15 is 0 Å². The number of hydrogen-bond acceptors (Lipinski definition) is 1. The topological polar surface area (TPSA) is 26.0 Å². The van der Waals surface area contributed by atoms with Gasteiger partial charge in [-0.25, -0.2) is 4.39 Å². The largest absolute Gasteiger partial charge is 0.296 e. The first-order chi connectivity index (χ1) is 5.75. The van der Waals surface area contributed by atoms with Crippen molar-refractivity contribution in [2.75, 3.05) is 0 Å². The highest BCUT2D eigenvalue weighted by molar-refractivity contribution is 5.30. The number of rotatable bonds is 3. The Kier molecular flexibility index (Phi) is 4.08. The molecule has 0 heterocycles. The Bertz CT molecular complexity index is 254. The molecule has 0 aliphatic heterocycles. The number of hydrogen-bond donors (Lipinski definition) is 1. The molecule has 0 aliphatic carbocycles. The summed E-state index contributed by atoms with van der Waals surface area (Å²) in [6, 6.07) is 0. The molecule has 0 amide bonds. The summed E-state index contributed by atoms with van der Waals surface area (Å²) < 4.78 is 13.1. The van der Waals surface area contributed by atoms with Gasteiger partial charge in [0.25, 0.3) is 0 Å². The average Bonchev–Trinajstić information content (AvgIpc) is 1.97. The van der Waals surface area contributed by atoms with Gasteiger partial charge in [0.1, 0.15) is 0 Å². The van der Waals surface area contributed by atoms with Crippen molar-refractivity contribution in [3.63, 3.8) is 0 Å². The van der Waals surface area contributed by atoms with Crippen LogP contribution in [-0.2, 0) is 0 Å². The maximum Gasteiger partial charge on any atom is 0.178 e. The molecular weight excluding hydrogens is 165 g/mol. The Balaban J connectivity index is 4.61. The van der Waals surface area contributed by atoms with Crippen molar-refractivity contribution >= 4 is 0 Å². The number of alkyl halides is 1. The van der Waals surface area contributed by atoms with Gasteiger partial charge < -0.3 is 0 Å². The molecule has 74 valence electrons. The molecule has 13 heavy (non-hydrogen) atoms. The first-order valence-electron chi connectivity index (χ1n) is 4.24. The summed E-state index contributed by atoms with van der Waals surface area (Å²) in [6.45, 7) is 10.6. The van der Waals surface area contributed by atoms with Crippen molar-refractivity contribution in [2.45, 2.75) is 33.5 Å². The Morgan fingerprint density at radius 2 is 1.77 bits per heavy atom. The second-order valence-electron chi connectivity index (χ2n) is 3.56. The normalized spacial score (nSPS) is 18.3. The Morgan fingerprint density at radius 3 is 2.08 bits per heavy atom. The van der Waals surface area contributed by atoms with Crippen LogP contribution in [0.5, 0.6) is 0 Å². The molecule has 0 aromatic heterocycles. The summed E-state index contributed by atoms with van der Waals surface area (Å²) in [7, 11) is 0. The summed E-state index contributed by atoms with van der Waals surface area (Å²) in [5.41, 5.74) is 7.77. The van der Waals surface area contributed by atoms with Gasteiger partial charge in [-0.05, 0) is 38.8 Å². The molecule has 0 radical (unpaired) electrons. The minimum absolute atomic E-state index is 0.508. The molecule has 2 N–H and O–H groups in total. The van der Waals surface area contributed by atoms with Gasteiger partial charge in [-0.2, -0.15) is 0 Å². The molecule has 0 aromatic carbocycles. The van der Waals surface area contributed by atoms with Gasteiger partial charge in [-0.3, -0.25) is 5.73 Å². The van der Waals surface area contributed by atoms with Crippen molar-refractivity contribution in [1.82, 2.24) is 0 Å². The monoisotopic (exact) mass is 183 g/mol. The molecule has 0 saturated heterocycles. The summed E-state index contributed by atoms with van der Waals surface area (Å²) in [6.07, 6.45) is 3.51. The zero-order valence-electron chi connectivity index (χ0n) is 8.82. The van der Waals surface area contributed by atoms with Crippen molar-refractivity contribution in [3.8, 4) is 0 Å². The fourth-order valence-corrected chi connectivity index (χ4v) is 0.555. The minimum atomic E-state index is -1.73. The molecule has 0 rings (SSSR count). The molecule has 0 fully saturated rings. The molecule has 0 saturated carbocycles. The van der Waals surface area contributed by atoms with Crippen LogP contribution in [-0.4, -0.2) is 5.79 Å². The van der Waals surface area contributed by atoms with Gasteiger partial charge in [-0.15, -0.1) is 0 Å². The van der Waals surface area contributed by atoms with E-state index in [1.807, 2.05) is 19.9 Å². The third kappa shape index (κ3) is 4.63. The molecule has 0 aromatic rings. The number of allylic oxidation sites excluding steroid dienone is 4. The SMILES string of the molecule is C=C(C)/C(C)=C/C=C(\C)C(C)(N)F. The lowest BCUT2D eigenvalue weighted by atomic mass is 10.1. The maximum atomic E-state index is 13.1. The Morgan fingerprint density at radius 1 is 1.31 bits per heavy atom.